The van der Waals surface area contributed by atoms with Crippen molar-refractivity contribution < 1.29 is 28.5 Å². The molecule has 0 saturated heterocycles. The van der Waals surface area contributed by atoms with Crippen molar-refractivity contribution in [3.05, 3.63) is 83.4 Å². The van der Waals surface area contributed by atoms with Crippen LogP contribution in [0.2, 0.25) is 0 Å². The van der Waals surface area contributed by atoms with Crippen LogP contribution in [0.25, 0.3) is 0 Å². The van der Waals surface area contributed by atoms with Crippen LogP contribution in [0.5, 0.6) is 0 Å². The number of ether oxygens (including phenoxy) is 4. The minimum atomic E-state index is -0.387. The van der Waals surface area contributed by atoms with Crippen LogP contribution in [0.4, 0.5) is 0 Å². The molecule has 6 heteroatoms. The highest BCUT2D eigenvalue weighted by molar-refractivity contribution is 5.83. The zero-order valence-corrected chi connectivity index (χ0v) is 20.7. The first-order chi connectivity index (χ1) is 17.0. The van der Waals surface area contributed by atoms with E-state index in [1.807, 2.05) is 60.7 Å². The largest absolute Gasteiger partial charge is 0.466 e. The fourth-order valence-electron chi connectivity index (χ4n) is 4.61. The Kier molecular flexibility index (Phi) is 10.5. The van der Waals surface area contributed by atoms with E-state index in [2.05, 4.69) is 0 Å². The molecule has 0 bridgehead atoms. The van der Waals surface area contributed by atoms with Crippen molar-refractivity contribution >= 4 is 11.9 Å². The number of hydrogen-bond donors (Lipinski definition) is 0. The molecule has 35 heavy (non-hydrogen) atoms. The van der Waals surface area contributed by atoms with E-state index in [0.29, 0.717) is 52.5 Å². The molecule has 1 aliphatic carbocycles. The van der Waals surface area contributed by atoms with E-state index in [1.165, 1.54) is 0 Å². The number of hydrogen-bond acceptors (Lipinski definition) is 6. The van der Waals surface area contributed by atoms with Crippen LogP contribution in [-0.2, 0) is 41.8 Å². The van der Waals surface area contributed by atoms with Gasteiger partial charge in [-0.3, -0.25) is 4.79 Å². The lowest BCUT2D eigenvalue weighted by atomic mass is 9.86. The van der Waals surface area contributed by atoms with Crippen LogP contribution in [0.1, 0.15) is 44.2 Å². The topological polar surface area (TPSA) is 71.1 Å². The highest BCUT2D eigenvalue weighted by Crippen LogP contribution is 2.47. The lowest BCUT2D eigenvalue weighted by Gasteiger charge is -2.29. The highest BCUT2D eigenvalue weighted by atomic mass is 16.5. The first-order valence-corrected chi connectivity index (χ1v) is 12.3. The Morgan fingerprint density at radius 1 is 0.857 bits per heavy atom. The van der Waals surface area contributed by atoms with Crippen molar-refractivity contribution in [2.24, 2.45) is 11.3 Å². The fourth-order valence-corrected chi connectivity index (χ4v) is 4.61. The van der Waals surface area contributed by atoms with Gasteiger partial charge in [-0.05, 0) is 43.7 Å². The molecule has 0 aromatic heterocycles. The summed E-state index contributed by atoms with van der Waals surface area (Å²) in [5, 5.41) is 0. The van der Waals surface area contributed by atoms with Gasteiger partial charge in [0.05, 0.1) is 46.1 Å². The van der Waals surface area contributed by atoms with E-state index in [1.54, 1.807) is 19.9 Å². The van der Waals surface area contributed by atoms with Crippen LogP contribution in [0.3, 0.4) is 0 Å². The van der Waals surface area contributed by atoms with Gasteiger partial charge in [0, 0.05) is 11.5 Å². The van der Waals surface area contributed by atoms with Gasteiger partial charge in [-0.1, -0.05) is 66.2 Å². The summed E-state index contributed by atoms with van der Waals surface area (Å²) in [6.45, 7) is 6.08. The maximum Gasteiger partial charge on any atom is 0.330 e. The van der Waals surface area contributed by atoms with Gasteiger partial charge in [0.25, 0.3) is 0 Å². The summed E-state index contributed by atoms with van der Waals surface area (Å²) in [5.41, 5.74) is 2.72. The van der Waals surface area contributed by atoms with Crippen molar-refractivity contribution in [2.75, 3.05) is 26.4 Å². The summed E-state index contributed by atoms with van der Waals surface area (Å²) < 4.78 is 22.7. The second kappa shape index (κ2) is 13.8. The molecule has 0 heterocycles. The van der Waals surface area contributed by atoms with E-state index < -0.39 is 0 Å². The Labute approximate surface area is 208 Å². The van der Waals surface area contributed by atoms with Crippen LogP contribution < -0.4 is 0 Å². The predicted molar refractivity (Wildman–Crippen MR) is 133 cm³/mol. The Balaban J connectivity index is 1.76. The SMILES string of the molecule is CCOC(=O)/C=C1/CC(COCc2ccccc2)(COCc2ccccc2)CC1CC(=O)OCC. The number of carbonyl (C=O) groups excluding carboxylic acids is 2. The molecule has 1 atom stereocenters. The normalized spacial score (nSPS) is 17.9. The number of benzene rings is 2. The third-order valence-corrected chi connectivity index (χ3v) is 6.13. The van der Waals surface area contributed by atoms with Crippen LogP contribution >= 0.6 is 0 Å². The first-order valence-electron chi connectivity index (χ1n) is 12.3. The monoisotopic (exact) mass is 480 g/mol. The molecule has 0 N–H and O–H groups in total. The maximum absolute atomic E-state index is 12.3. The lowest BCUT2D eigenvalue weighted by molar-refractivity contribution is -0.144. The van der Waals surface area contributed by atoms with Crippen LogP contribution in [-0.4, -0.2) is 38.4 Å². The second-order valence-corrected chi connectivity index (χ2v) is 9.02. The molecule has 0 amide bonds. The summed E-state index contributed by atoms with van der Waals surface area (Å²) in [7, 11) is 0. The molecule has 1 saturated carbocycles. The van der Waals surface area contributed by atoms with E-state index in [9.17, 15) is 9.59 Å². The Morgan fingerprint density at radius 3 is 1.91 bits per heavy atom. The van der Waals surface area contributed by atoms with Crippen LogP contribution in [0, 0.1) is 11.3 Å². The molecule has 6 nitrogen and oxygen atoms in total. The molecule has 0 radical (unpaired) electrons. The van der Waals surface area contributed by atoms with E-state index >= 15 is 0 Å². The predicted octanol–water partition coefficient (Wildman–Crippen LogP) is 5.26. The molecule has 0 aliphatic heterocycles. The minimum Gasteiger partial charge on any atom is -0.466 e. The third-order valence-electron chi connectivity index (χ3n) is 6.13. The van der Waals surface area contributed by atoms with E-state index in [-0.39, 0.29) is 29.7 Å². The quantitative estimate of drug-likeness (QED) is 0.288. The van der Waals surface area contributed by atoms with Gasteiger partial charge in [0.1, 0.15) is 0 Å². The van der Waals surface area contributed by atoms with Gasteiger partial charge in [-0.2, -0.15) is 0 Å². The van der Waals surface area contributed by atoms with Crippen LogP contribution in [0.15, 0.2) is 72.3 Å². The molecule has 2 aromatic rings. The summed E-state index contributed by atoms with van der Waals surface area (Å²) in [5.74, 6) is -0.778. The lowest BCUT2D eigenvalue weighted by Crippen LogP contribution is -2.30. The third kappa shape index (κ3) is 8.64. The minimum absolute atomic E-state index is 0.126. The summed E-state index contributed by atoms with van der Waals surface area (Å²) in [4.78, 5) is 24.6. The molecule has 2 aromatic carbocycles. The zero-order valence-electron chi connectivity index (χ0n) is 20.7. The Hall–Kier alpha value is -2.96. The summed E-state index contributed by atoms with van der Waals surface area (Å²) in [6.07, 6.45) is 3.03. The number of carbonyl (C=O) groups is 2. The van der Waals surface area contributed by atoms with Gasteiger partial charge >= 0.3 is 11.9 Å². The van der Waals surface area contributed by atoms with Crippen molar-refractivity contribution in [3.8, 4) is 0 Å². The number of allylic oxidation sites excluding steroid dienone is 1. The van der Waals surface area contributed by atoms with Crippen molar-refractivity contribution in [1.82, 2.24) is 0 Å². The molecule has 1 unspecified atom stereocenters. The Bertz CT molecular complexity index is 908. The van der Waals surface area contributed by atoms with E-state index in [4.69, 9.17) is 18.9 Å². The van der Waals surface area contributed by atoms with Gasteiger partial charge in [-0.15, -0.1) is 0 Å². The second-order valence-electron chi connectivity index (χ2n) is 9.02. The number of rotatable bonds is 13. The fraction of sp³-hybridized carbons (Fsp3) is 0.448. The van der Waals surface area contributed by atoms with Crippen molar-refractivity contribution in [2.45, 2.75) is 46.3 Å². The highest BCUT2D eigenvalue weighted by Gasteiger charge is 2.44. The van der Waals surface area contributed by atoms with Gasteiger partial charge in [0.15, 0.2) is 0 Å². The first kappa shape index (κ1) is 26.6. The molecule has 1 fully saturated rings. The average molecular weight is 481 g/mol. The van der Waals surface area contributed by atoms with Gasteiger partial charge < -0.3 is 18.9 Å². The molecule has 188 valence electrons. The Morgan fingerprint density at radius 2 is 1.40 bits per heavy atom. The maximum atomic E-state index is 12.3. The van der Waals surface area contributed by atoms with Gasteiger partial charge in [-0.25, -0.2) is 4.79 Å². The van der Waals surface area contributed by atoms with Crippen molar-refractivity contribution in [1.29, 1.82) is 0 Å². The molecule has 3 rings (SSSR count). The average Bonchev–Trinajstić information content (AvgIpc) is 3.17. The van der Waals surface area contributed by atoms with Gasteiger partial charge in [0.2, 0.25) is 0 Å². The smallest absolute Gasteiger partial charge is 0.330 e. The van der Waals surface area contributed by atoms with Crippen molar-refractivity contribution in [3.63, 3.8) is 0 Å². The molecular formula is C29H36O6. The standard InChI is InChI=1S/C29H36O6/c1-3-34-27(30)15-25-17-29(18-26(25)16-28(31)35-4-2,21-32-19-23-11-7-5-8-12-23)22-33-20-24-13-9-6-10-14-24/h5-15,26H,3-4,16-22H2,1-2H3/b25-15-. The zero-order chi connectivity index (χ0) is 24.9. The number of esters is 2. The molecule has 1 aliphatic rings. The summed E-state index contributed by atoms with van der Waals surface area (Å²) >= 11 is 0. The van der Waals surface area contributed by atoms with E-state index in [0.717, 1.165) is 16.7 Å². The summed E-state index contributed by atoms with van der Waals surface area (Å²) in [6, 6.07) is 20.0. The molecule has 0 spiro atoms. The molecular weight excluding hydrogens is 444 g/mol.